The lowest BCUT2D eigenvalue weighted by Gasteiger charge is -2.32. The molecular weight excluding hydrogens is 174 g/mol. The molecule has 1 heterocycles. The topological polar surface area (TPSA) is 12.5 Å². The summed E-state index contributed by atoms with van der Waals surface area (Å²) in [5, 5.41) is 0. The molecule has 0 amide bonds. The predicted octanol–water partition coefficient (Wildman–Crippen LogP) is 2.14. The number of hydrogen-bond acceptors (Lipinski definition) is 2. The summed E-state index contributed by atoms with van der Waals surface area (Å²) in [6.07, 6.45) is 7.56. The first-order valence-corrected chi connectivity index (χ1v) is 6.01. The molecule has 0 aromatic heterocycles. The summed E-state index contributed by atoms with van der Waals surface area (Å²) in [6.45, 7) is 2.42. The number of fused-ring (bicyclic) bond motifs is 3. The second-order valence-electron chi connectivity index (χ2n) is 5.13. The highest BCUT2D eigenvalue weighted by atomic mass is 16.5. The van der Waals surface area contributed by atoms with Gasteiger partial charge in [0.05, 0.1) is 6.10 Å². The summed E-state index contributed by atoms with van der Waals surface area (Å²) < 4.78 is 5.64. The van der Waals surface area contributed by atoms with Crippen molar-refractivity contribution < 1.29 is 4.74 Å². The van der Waals surface area contributed by atoms with E-state index >= 15 is 0 Å². The van der Waals surface area contributed by atoms with Crippen LogP contribution in [0.1, 0.15) is 32.1 Å². The number of likely N-dealkylation sites (N-methyl/N-ethyl adjacent to an activating group) is 1. The molecule has 1 saturated carbocycles. The monoisotopic (exact) mass is 197 g/mol. The zero-order chi connectivity index (χ0) is 9.97. The standard InChI is InChI=1S/C12H23NO/c1-13-8-10-4-3-5-11(7-6-10)12(9-13)14-2/h10-12H,3-9H2,1-2H3. The zero-order valence-electron chi connectivity index (χ0n) is 9.54. The number of likely N-dealkylation sites (tertiary alicyclic amines) is 1. The van der Waals surface area contributed by atoms with Crippen molar-refractivity contribution in [2.24, 2.45) is 11.8 Å². The van der Waals surface area contributed by atoms with Gasteiger partial charge in [0.2, 0.25) is 0 Å². The van der Waals surface area contributed by atoms with E-state index in [1.807, 2.05) is 7.11 Å². The summed E-state index contributed by atoms with van der Waals surface area (Å²) in [5.74, 6) is 1.79. The molecule has 0 aromatic carbocycles. The molecule has 14 heavy (non-hydrogen) atoms. The third-order valence-corrected chi connectivity index (χ3v) is 4.02. The van der Waals surface area contributed by atoms with Crippen LogP contribution in [0.4, 0.5) is 0 Å². The maximum atomic E-state index is 5.64. The molecule has 1 aliphatic carbocycles. The molecule has 2 fully saturated rings. The maximum absolute atomic E-state index is 5.64. The maximum Gasteiger partial charge on any atom is 0.0726 e. The van der Waals surface area contributed by atoms with Crippen molar-refractivity contribution in [1.82, 2.24) is 4.90 Å². The Kier molecular flexibility index (Phi) is 3.45. The summed E-state index contributed by atoms with van der Waals surface area (Å²) >= 11 is 0. The van der Waals surface area contributed by atoms with E-state index in [0.29, 0.717) is 6.10 Å². The average Bonchev–Trinajstić information content (AvgIpc) is 2.34. The molecule has 3 unspecified atom stereocenters. The molecule has 82 valence electrons. The van der Waals surface area contributed by atoms with Crippen LogP contribution in [-0.4, -0.2) is 38.3 Å². The van der Waals surface area contributed by atoms with Crippen molar-refractivity contribution in [1.29, 1.82) is 0 Å². The van der Waals surface area contributed by atoms with Gasteiger partial charge in [0.1, 0.15) is 0 Å². The third-order valence-electron chi connectivity index (χ3n) is 4.02. The van der Waals surface area contributed by atoms with Crippen LogP contribution in [-0.2, 0) is 4.74 Å². The van der Waals surface area contributed by atoms with E-state index in [2.05, 4.69) is 11.9 Å². The van der Waals surface area contributed by atoms with E-state index in [-0.39, 0.29) is 0 Å². The molecule has 1 saturated heterocycles. The highest BCUT2D eigenvalue weighted by Gasteiger charge is 2.29. The molecule has 2 bridgehead atoms. The first-order chi connectivity index (χ1) is 6.79. The Bertz CT molecular complexity index is 183. The Morgan fingerprint density at radius 1 is 1.07 bits per heavy atom. The van der Waals surface area contributed by atoms with Gasteiger partial charge >= 0.3 is 0 Å². The number of ether oxygens (including phenoxy) is 1. The van der Waals surface area contributed by atoms with E-state index in [9.17, 15) is 0 Å². The Hall–Kier alpha value is -0.0800. The van der Waals surface area contributed by atoms with Crippen LogP contribution in [0.3, 0.4) is 0 Å². The SMILES string of the molecule is COC1CN(C)CC2CCCC1CC2. The normalized spacial score (nSPS) is 40.3. The van der Waals surface area contributed by atoms with Crippen molar-refractivity contribution in [2.45, 2.75) is 38.2 Å². The van der Waals surface area contributed by atoms with Crippen LogP contribution in [0.25, 0.3) is 0 Å². The number of nitrogens with zero attached hydrogens (tertiary/aromatic N) is 1. The van der Waals surface area contributed by atoms with Crippen molar-refractivity contribution >= 4 is 0 Å². The molecular formula is C12H23NO. The van der Waals surface area contributed by atoms with Crippen molar-refractivity contribution in [3.63, 3.8) is 0 Å². The molecule has 0 spiro atoms. The number of hydrogen-bond donors (Lipinski definition) is 0. The van der Waals surface area contributed by atoms with Gasteiger partial charge in [-0.15, -0.1) is 0 Å². The van der Waals surface area contributed by atoms with Gasteiger partial charge in [-0.05, 0) is 44.6 Å². The lowest BCUT2D eigenvalue weighted by atomic mass is 9.91. The van der Waals surface area contributed by atoms with Gasteiger partial charge in [-0.3, -0.25) is 0 Å². The first-order valence-electron chi connectivity index (χ1n) is 6.01. The van der Waals surface area contributed by atoms with Gasteiger partial charge in [-0.2, -0.15) is 0 Å². The van der Waals surface area contributed by atoms with E-state index in [0.717, 1.165) is 18.4 Å². The van der Waals surface area contributed by atoms with E-state index in [1.165, 1.54) is 38.6 Å². The van der Waals surface area contributed by atoms with Gasteiger partial charge in [-0.25, -0.2) is 0 Å². The summed E-state index contributed by atoms with van der Waals surface area (Å²) in [4.78, 5) is 2.47. The fourth-order valence-electron chi connectivity index (χ4n) is 3.20. The van der Waals surface area contributed by atoms with E-state index < -0.39 is 0 Å². The molecule has 2 heteroatoms. The van der Waals surface area contributed by atoms with Gasteiger partial charge in [0, 0.05) is 20.2 Å². The lowest BCUT2D eigenvalue weighted by Crippen LogP contribution is -2.39. The van der Waals surface area contributed by atoms with Gasteiger partial charge < -0.3 is 9.64 Å². The van der Waals surface area contributed by atoms with Crippen LogP contribution in [0.5, 0.6) is 0 Å². The number of methoxy groups -OCH3 is 1. The average molecular weight is 197 g/mol. The van der Waals surface area contributed by atoms with Crippen LogP contribution >= 0.6 is 0 Å². The van der Waals surface area contributed by atoms with E-state index in [4.69, 9.17) is 4.74 Å². The van der Waals surface area contributed by atoms with Gasteiger partial charge in [-0.1, -0.05) is 6.42 Å². The number of rotatable bonds is 1. The molecule has 0 N–H and O–H groups in total. The van der Waals surface area contributed by atoms with Crippen LogP contribution in [0, 0.1) is 11.8 Å². The van der Waals surface area contributed by atoms with Crippen LogP contribution in [0.2, 0.25) is 0 Å². The minimum absolute atomic E-state index is 0.485. The van der Waals surface area contributed by atoms with Crippen LogP contribution < -0.4 is 0 Å². The summed E-state index contributed by atoms with van der Waals surface area (Å²) in [6, 6.07) is 0. The highest BCUT2D eigenvalue weighted by molar-refractivity contribution is 4.82. The quantitative estimate of drug-likeness (QED) is 0.638. The van der Waals surface area contributed by atoms with Gasteiger partial charge in [0.25, 0.3) is 0 Å². The summed E-state index contributed by atoms with van der Waals surface area (Å²) in [5.41, 5.74) is 0. The molecule has 3 atom stereocenters. The Morgan fingerprint density at radius 3 is 2.71 bits per heavy atom. The molecule has 2 aliphatic rings. The minimum Gasteiger partial charge on any atom is -0.380 e. The molecule has 1 aliphatic heterocycles. The fraction of sp³-hybridized carbons (Fsp3) is 1.00. The highest BCUT2D eigenvalue weighted by Crippen LogP contribution is 2.33. The van der Waals surface area contributed by atoms with Crippen molar-refractivity contribution in [3.05, 3.63) is 0 Å². The predicted molar refractivity (Wildman–Crippen MR) is 58.4 cm³/mol. The Morgan fingerprint density at radius 2 is 1.93 bits per heavy atom. The van der Waals surface area contributed by atoms with Gasteiger partial charge in [0.15, 0.2) is 0 Å². The Labute approximate surface area is 87.6 Å². The zero-order valence-corrected chi connectivity index (χ0v) is 9.54. The minimum atomic E-state index is 0.485. The second kappa shape index (κ2) is 4.63. The first kappa shape index (κ1) is 10.4. The second-order valence-corrected chi connectivity index (χ2v) is 5.13. The van der Waals surface area contributed by atoms with Crippen LogP contribution in [0.15, 0.2) is 0 Å². The molecule has 2 rings (SSSR count). The summed E-state index contributed by atoms with van der Waals surface area (Å²) in [7, 11) is 4.12. The van der Waals surface area contributed by atoms with Crippen molar-refractivity contribution in [2.75, 3.05) is 27.2 Å². The third kappa shape index (κ3) is 2.29. The molecule has 0 radical (unpaired) electrons. The lowest BCUT2D eigenvalue weighted by molar-refractivity contribution is 0.0129. The smallest absolute Gasteiger partial charge is 0.0726 e. The molecule has 0 aromatic rings. The van der Waals surface area contributed by atoms with E-state index in [1.54, 1.807) is 0 Å². The van der Waals surface area contributed by atoms with Crippen molar-refractivity contribution in [3.8, 4) is 0 Å². The Balaban J connectivity index is 2.07. The molecule has 2 nitrogen and oxygen atoms in total. The fourth-order valence-corrected chi connectivity index (χ4v) is 3.20. The largest absolute Gasteiger partial charge is 0.380 e.